The zero-order valence-electron chi connectivity index (χ0n) is 10.6. The van der Waals surface area contributed by atoms with Crippen molar-refractivity contribution in [3.05, 3.63) is 59.2 Å². The third-order valence-corrected chi connectivity index (χ3v) is 3.52. The minimum absolute atomic E-state index is 0.0201. The molecular formula is C16H16N2O. The number of hydrogen-bond donors (Lipinski definition) is 2. The lowest BCUT2D eigenvalue weighted by atomic mass is 9.96. The number of para-hydroxylation sites is 1. The van der Waals surface area contributed by atoms with Crippen LogP contribution in [0, 0.1) is 0 Å². The van der Waals surface area contributed by atoms with Crippen LogP contribution in [-0.2, 0) is 6.42 Å². The minimum atomic E-state index is -0.0201. The first-order valence-electron chi connectivity index (χ1n) is 6.52. The Labute approximate surface area is 112 Å². The van der Waals surface area contributed by atoms with Crippen LogP contribution >= 0.6 is 0 Å². The lowest BCUT2D eigenvalue weighted by Crippen LogP contribution is -2.13. The second-order valence-electron chi connectivity index (χ2n) is 4.82. The molecule has 0 fully saturated rings. The van der Waals surface area contributed by atoms with Crippen LogP contribution in [0.1, 0.15) is 27.9 Å². The van der Waals surface area contributed by atoms with Crippen LogP contribution in [0.2, 0.25) is 0 Å². The maximum absolute atomic E-state index is 12.4. The SMILES string of the molecule is Nc1ccccc1C(=O)c1ccc2c(c1)NCCC2. The molecule has 3 nitrogen and oxygen atoms in total. The van der Waals surface area contributed by atoms with Gasteiger partial charge in [-0.3, -0.25) is 4.79 Å². The normalized spacial score (nSPS) is 13.5. The van der Waals surface area contributed by atoms with Gasteiger partial charge in [0, 0.05) is 29.0 Å². The van der Waals surface area contributed by atoms with Crippen LogP contribution in [0.15, 0.2) is 42.5 Å². The molecule has 1 aliphatic rings. The fraction of sp³-hybridized carbons (Fsp3) is 0.188. The first kappa shape index (κ1) is 11.8. The van der Waals surface area contributed by atoms with Crippen molar-refractivity contribution >= 4 is 17.2 Å². The van der Waals surface area contributed by atoms with E-state index in [1.165, 1.54) is 5.56 Å². The number of carbonyl (C=O) groups is 1. The molecule has 1 aliphatic heterocycles. The Hall–Kier alpha value is -2.29. The number of benzene rings is 2. The van der Waals surface area contributed by atoms with Crippen molar-refractivity contribution in [3.8, 4) is 0 Å². The molecule has 2 aromatic carbocycles. The summed E-state index contributed by atoms with van der Waals surface area (Å²) in [5.74, 6) is -0.0201. The molecule has 0 unspecified atom stereocenters. The largest absolute Gasteiger partial charge is 0.398 e. The average Bonchev–Trinajstić information content (AvgIpc) is 2.46. The quantitative estimate of drug-likeness (QED) is 0.638. The summed E-state index contributed by atoms with van der Waals surface area (Å²) < 4.78 is 0. The highest BCUT2D eigenvalue weighted by Gasteiger charge is 2.15. The Morgan fingerprint density at radius 3 is 2.84 bits per heavy atom. The number of ketones is 1. The van der Waals surface area contributed by atoms with Crippen molar-refractivity contribution in [3.63, 3.8) is 0 Å². The molecule has 3 N–H and O–H groups in total. The zero-order chi connectivity index (χ0) is 13.2. The van der Waals surface area contributed by atoms with Gasteiger partial charge in [0.2, 0.25) is 0 Å². The lowest BCUT2D eigenvalue weighted by Gasteiger charge is -2.18. The predicted octanol–water partition coefficient (Wildman–Crippen LogP) is 2.86. The highest BCUT2D eigenvalue weighted by atomic mass is 16.1. The number of anilines is 2. The standard InChI is InChI=1S/C16H16N2O/c17-14-6-2-1-5-13(14)16(19)12-8-7-11-4-3-9-18-15(11)10-12/h1-2,5-8,10,18H,3-4,9,17H2. The molecule has 3 heteroatoms. The number of carbonyl (C=O) groups excluding carboxylic acids is 1. The fourth-order valence-corrected chi connectivity index (χ4v) is 2.46. The van der Waals surface area contributed by atoms with Gasteiger partial charge in [0.1, 0.15) is 0 Å². The molecule has 0 aromatic heterocycles. The van der Waals surface area contributed by atoms with Crippen LogP contribution in [0.4, 0.5) is 11.4 Å². The highest BCUT2D eigenvalue weighted by molar-refractivity contribution is 6.12. The summed E-state index contributed by atoms with van der Waals surface area (Å²) in [5.41, 5.74) is 10.00. The average molecular weight is 252 g/mol. The van der Waals surface area contributed by atoms with E-state index < -0.39 is 0 Å². The van der Waals surface area contributed by atoms with Crippen molar-refractivity contribution in [2.75, 3.05) is 17.6 Å². The maximum atomic E-state index is 12.4. The number of nitrogen functional groups attached to an aromatic ring is 1. The van der Waals surface area contributed by atoms with E-state index in [0.29, 0.717) is 16.8 Å². The molecular weight excluding hydrogens is 236 g/mol. The van der Waals surface area contributed by atoms with Crippen LogP contribution in [0.5, 0.6) is 0 Å². The molecule has 0 spiro atoms. The fourth-order valence-electron chi connectivity index (χ4n) is 2.46. The van der Waals surface area contributed by atoms with Gasteiger partial charge in [-0.1, -0.05) is 24.3 Å². The Morgan fingerprint density at radius 1 is 1.16 bits per heavy atom. The summed E-state index contributed by atoms with van der Waals surface area (Å²) in [6, 6.07) is 13.0. The van der Waals surface area contributed by atoms with Gasteiger partial charge < -0.3 is 11.1 Å². The monoisotopic (exact) mass is 252 g/mol. The topological polar surface area (TPSA) is 55.1 Å². The van der Waals surface area contributed by atoms with E-state index in [4.69, 9.17) is 5.73 Å². The summed E-state index contributed by atoms with van der Waals surface area (Å²) in [7, 11) is 0. The third-order valence-electron chi connectivity index (χ3n) is 3.52. The van der Waals surface area contributed by atoms with E-state index in [9.17, 15) is 4.79 Å². The predicted molar refractivity (Wildman–Crippen MR) is 77.5 cm³/mol. The van der Waals surface area contributed by atoms with Crippen molar-refractivity contribution in [1.29, 1.82) is 0 Å². The van der Waals surface area contributed by atoms with Gasteiger partial charge in [-0.2, -0.15) is 0 Å². The van der Waals surface area contributed by atoms with Gasteiger partial charge in [-0.05, 0) is 36.6 Å². The van der Waals surface area contributed by atoms with Crippen LogP contribution < -0.4 is 11.1 Å². The summed E-state index contributed by atoms with van der Waals surface area (Å²) in [6.07, 6.45) is 2.22. The maximum Gasteiger partial charge on any atom is 0.195 e. The molecule has 3 rings (SSSR count). The Balaban J connectivity index is 1.98. The number of aryl methyl sites for hydroxylation is 1. The summed E-state index contributed by atoms with van der Waals surface area (Å²) in [4.78, 5) is 12.4. The van der Waals surface area contributed by atoms with Gasteiger partial charge in [0.05, 0.1) is 0 Å². The van der Waals surface area contributed by atoms with E-state index in [-0.39, 0.29) is 5.78 Å². The first-order chi connectivity index (χ1) is 9.25. The molecule has 0 amide bonds. The molecule has 19 heavy (non-hydrogen) atoms. The second kappa shape index (κ2) is 4.76. The van der Waals surface area contributed by atoms with Gasteiger partial charge in [-0.25, -0.2) is 0 Å². The Morgan fingerprint density at radius 2 is 2.00 bits per heavy atom. The minimum Gasteiger partial charge on any atom is -0.398 e. The van der Waals surface area contributed by atoms with E-state index in [0.717, 1.165) is 25.1 Å². The summed E-state index contributed by atoms with van der Waals surface area (Å²) >= 11 is 0. The van der Waals surface area contributed by atoms with E-state index in [2.05, 4.69) is 5.32 Å². The van der Waals surface area contributed by atoms with Crippen molar-refractivity contribution < 1.29 is 4.79 Å². The van der Waals surface area contributed by atoms with Gasteiger partial charge in [0.15, 0.2) is 5.78 Å². The third kappa shape index (κ3) is 2.19. The molecule has 96 valence electrons. The highest BCUT2D eigenvalue weighted by Crippen LogP contribution is 2.25. The number of hydrogen-bond acceptors (Lipinski definition) is 3. The lowest BCUT2D eigenvalue weighted by molar-refractivity contribution is 0.103. The van der Waals surface area contributed by atoms with E-state index >= 15 is 0 Å². The van der Waals surface area contributed by atoms with Gasteiger partial charge in [-0.15, -0.1) is 0 Å². The number of nitrogens with one attached hydrogen (secondary N) is 1. The van der Waals surface area contributed by atoms with Gasteiger partial charge in [0.25, 0.3) is 0 Å². The van der Waals surface area contributed by atoms with Gasteiger partial charge >= 0.3 is 0 Å². The van der Waals surface area contributed by atoms with E-state index in [1.807, 2.05) is 30.3 Å². The Kier molecular flexibility index (Phi) is 2.95. The number of nitrogens with two attached hydrogens (primary N) is 1. The second-order valence-corrected chi connectivity index (χ2v) is 4.82. The molecule has 0 radical (unpaired) electrons. The summed E-state index contributed by atoms with van der Waals surface area (Å²) in [6.45, 7) is 0.970. The molecule has 1 heterocycles. The van der Waals surface area contributed by atoms with Crippen molar-refractivity contribution in [2.24, 2.45) is 0 Å². The van der Waals surface area contributed by atoms with Crippen LogP contribution in [0.25, 0.3) is 0 Å². The molecule has 0 saturated heterocycles. The molecule has 0 bridgehead atoms. The number of rotatable bonds is 2. The summed E-state index contributed by atoms with van der Waals surface area (Å²) in [5, 5.41) is 3.34. The van der Waals surface area contributed by atoms with Crippen LogP contribution in [0.3, 0.4) is 0 Å². The van der Waals surface area contributed by atoms with Crippen molar-refractivity contribution in [2.45, 2.75) is 12.8 Å². The molecule has 0 atom stereocenters. The smallest absolute Gasteiger partial charge is 0.195 e. The number of fused-ring (bicyclic) bond motifs is 1. The molecule has 0 saturated carbocycles. The Bertz CT molecular complexity index is 634. The zero-order valence-corrected chi connectivity index (χ0v) is 10.6. The first-order valence-corrected chi connectivity index (χ1v) is 6.52. The van der Waals surface area contributed by atoms with Crippen molar-refractivity contribution in [1.82, 2.24) is 0 Å². The van der Waals surface area contributed by atoms with E-state index in [1.54, 1.807) is 12.1 Å². The molecule has 0 aliphatic carbocycles. The molecule has 2 aromatic rings. The van der Waals surface area contributed by atoms with Crippen LogP contribution in [-0.4, -0.2) is 12.3 Å².